The molecule has 1 nitrogen and oxygen atoms in total. The van der Waals surface area contributed by atoms with Crippen LogP contribution in [0.15, 0.2) is 12.1 Å². The zero-order valence-electron chi connectivity index (χ0n) is 11.5. The van der Waals surface area contributed by atoms with Crippen LogP contribution in [0.25, 0.3) is 0 Å². The van der Waals surface area contributed by atoms with E-state index in [9.17, 15) is 26.7 Å². The Morgan fingerprint density at radius 3 is 1.60 bits per heavy atom. The molecule has 0 fully saturated rings. The monoisotopic (exact) mass is 294 g/mol. The molecule has 20 heavy (non-hydrogen) atoms. The first-order chi connectivity index (χ1) is 8.86. The van der Waals surface area contributed by atoms with Gasteiger partial charge < -0.3 is 0 Å². The Morgan fingerprint density at radius 1 is 0.950 bits per heavy atom. The van der Waals surface area contributed by atoms with Crippen LogP contribution in [0.4, 0.5) is 22.0 Å². The topological polar surface area (TPSA) is 17.1 Å². The Balaban J connectivity index is 3.65. The minimum absolute atomic E-state index is 0.220. The summed E-state index contributed by atoms with van der Waals surface area (Å²) in [6.07, 6.45) is -4.61. The molecule has 112 valence electrons. The van der Waals surface area contributed by atoms with Crippen LogP contribution in [0.2, 0.25) is 0 Å². The Bertz CT molecular complexity index is 488. The van der Waals surface area contributed by atoms with Crippen LogP contribution in [0.1, 0.15) is 40.9 Å². The minimum atomic E-state index is -5.12. The molecular weight excluding hydrogens is 279 g/mol. The van der Waals surface area contributed by atoms with Gasteiger partial charge in [-0.2, -0.15) is 13.2 Å². The van der Waals surface area contributed by atoms with Gasteiger partial charge in [0.25, 0.3) is 5.92 Å². The third-order valence-electron chi connectivity index (χ3n) is 3.73. The number of halogens is 5. The number of rotatable bonds is 3. The van der Waals surface area contributed by atoms with Gasteiger partial charge in [-0.05, 0) is 37.5 Å². The molecule has 0 aliphatic carbocycles. The standard InChI is InChI=1S/C14H15F5O/c1-8-5-10(6-9(2)11(8)7-20)12(3,13(4,15)16)14(17,18)19/h5-7H,1-4H3. The van der Waals surface area contributed by atoms with Gasteiger partial charge in [-0.25, -0.2) is 8.78 Å². The van der Waals surface area contributed by atoms with E-state index in [1.807, 2.05) is 0 Å². The zero-order chi connectivity index (χ0) is 15.9. The quantitative estimate of drug-likeness (QED) is 0.588. The predicted octanol–water partition coefficient (Wildman–Crippen LogP) is 4.59. The van der Waals surface area contributed by atoms with Crippen LogP contribution in [0.3, 0.4) is 0 Å². The van der Waals surface area contributed by atoms with E-state index in [-0.39, 0.29) is 23.6 Å². The smallest absolute Gasteiger partial charge is 0.298 e. The Kier molecular flexibility index (Phi) is 4.00. The van der Waals surface area contributed by atoms with E-state index in [1.165, 1.54) is 13.8 Å². The van der Waals surface area contributed by atoms with Crippen LogP contribution in [0, 0.1) is 13.8 Å². The number of aldehydes is 1. The van der Waals surface area contributed by atoms with E-state index in [4.69, 9.17) is 0 Å². The van der Waals surface area contributed by atoms with Crippen LogP contribution < -0.4 is 0 Å². The van der Waals surface area contributed by atoms with E-state index in [2.05, 4.69) is 0 Å². The molecule has 0 aliphatic heterocycles. The van der Waals surface area contributed by atoms with E-state index in [0.717, 1.165) is 12.1 Å². The summed E-state index contributed by atoms with van der Waals surface area (Å²) in [6, 6.07) is 2.00. The molecule has 0 saturated heterocycles. The summed E-state index contributed by atoms with van der Waals surface area (Å²) in [7, 11) is 0. The van der Waals surface area contributed by atoms with E-state index in [1.54, 1.807) is 0 Å². The SMILES string of the molecule is Cc1cc(C(C)(C(C)(F)F)C(F)(F)F)cc(C)c1C=O. The molecule has 0 N–H and O–H groups in total. The maximum atomic E-state index is 13.6. The molecule has 1 rings (SSSR count). The molecule has 0 spiro atoms. The number of hydrogen-bond acceptors (Lipinski definition) is 1. The Morgan fingerprint density at radius 2 is 1.35 bits per heavy atom. The fourth-order valence-electron chi connectivity index (χ4n) is 2.12. The van der Waals surface area contributed by atoms with Gasteiger partial charge in [-0.3, -0.25) is 4.79 Å². The molecule has 1 atom stereocenters. The average Bonchev–Trinajstić information content (AvgIpc) is 2.24. The first-order valence-corrected chi connectivity index (χ1v) is 5.87. The van der Waals surface area contributed by atoms with Crippen LogP contribution in [-0.4, -0.2) is 18.4 Å². The zero-order valence-corrected chi connectivity index (χ0v) is 11.5. The lowest BCUT2D eigenvalue weighted by Gasteiger charge is -2.37. The van der Waals surface area contributed by atoms with Gasteiger partial charge in [-0.1, -0.05) is 12.1 Å². The van der Waals surface area contributed by atoms with Crippen LogP contribution >= 0.6 is 0 Å². The highest BCUT2D eigenvalue weighted by Crippen LogP contribution is 2.51. The Hall–Kier alpha value is -1.46. The number of alkyl halides is 5. The number of carbonyl (C=O) groups is 1. The largest absolute Gasteiger partial charge is 0.403 e. The molecule has 0 aliphatic rings. The first-order valence-electron chi connectivity index (χ1n) is 5.87. The van der Waals surface area contributed by atoms with E-state index < -0.39 is 23.1 Å². The van der Waals surface area contributed by atoms with Crippen molar-refractivity contribution < 1.29 is 26.7 Å². The second-order valence-corrected chi connectivity index (χ2v) is 5.15. The van der Waals surface area contributed by atoms with Gasteiger partial charge in [0.05, 0.1) is 0 Å². The normalized spacial score (nSPS) is 15.8. The van der Waals surface area contributed by atoms with Crippen LogP contribution in [0.5, 0.6) is 0 Å². The lowest BCUT2D eigenvalue weighted by molar-refractivity contribution is -0.248. The summed E-state index contributed by atoms with van der Waals surface area (Å²) in [5.74, 6) is -3.99. The third kappa shape index (κ3) is 2.43. The molecule has 0 radical (unpaired) electrons. The van der Waals surface area contributed by atoms with Crippen molar-refractivity contribution in [3.8, 4) is 0 Å². The lowest BCUT2D eigenvalue weighted by Crippen LogP contribution is -2.52. The highest BCUT2D eigenvalue weighted by Gasteiger charge is 2.64. The lowest BCUT2D eigenvalue weighted by atomic mass is 9.75. The maximum absolute atomic E-state index is 13.6. The minimum Gasteiger partial charge on any atom is -0.298 e. The van der Waals surface area contributed by atoms with Gasteiger partial charge >= 0.3 is 6.18 Å². The van der Waals surface area contributed by atoms with Crippen molar-refractivity contribution in [1.82, 2.24) is 0 Å². The second kappa shape index (κ2) is 4.82. The van der Waals surface area contributed by atoms with Gasteiger partial charge in [0, 0.05) is 12.5 Å². The van der Waals surface area contributed by atoms with Crippen molar-refractivity contribution in [2.45, 2.75) is 45.2 Å². The molecule has 1 aromatic rings. The van der Waals surface area contributed by atoms with Crippen molar-refractivity contribution in [3.63, 3.8) is 0 Å². The molecule has 0 heterocycles. The summed E-state index contributed by atoms with van der Waals surface area (Å²) in [5, 5.41) is 0. The number of hydrogen-bond donors (Lipinski definition) is 0. The summed E-state index contributed by atoms with van der Waals surface area (Å²) in [6.45, 7) is 3.57. The molecule has 0 aromatic heterocycles. The Labute approximate surface area is 113 Å². The van der Waals surface area contributed by atoms with E-state index >= 15 is 0 Å². The van der Waals surface area contributed by atoms with Gasteiger partial charge in [0.1, 0.15) is 0 Å². The van der Waals surface area contributed by atoms with Gasteiger partial charge in [0.15, 0.2) is 11.7 Å². The second-order valence-electron chi connectivity index (χ2n) is 5.15. The fraction of sp³-hybridized carbons (Fsp3) is 0.500. The molecule has 0 saturated carbocycles. The van der Waals surface area contributed by atoms with Crippen molar-refractivity contribution in [2.24, 2.45) is 0 Å². The summed E-state index contributed by atoms with van der Waals surface area (Å²) in [4.78, 5) is 10.8. The van der Waals surface area contributed by atoms with Crippen molar-refractivity contribution in [2.75, 3.05) is 0 Å². The van der Waals surface area contributed by atoms with Gasteiger partial charge in [0.2, 0.25) is 0 Å². The first kappa shape index (κ1) is 16.6. The van der Waals surface area contributed by atoms with Gasteiger partial charge in [-0.15, -0.1) is 0 Å². The third-order valence-corrected chi connectivity index (χ3v) is 3.73. The maximum Gasteiger partial charge on any atom is 0.403 e. The van der Waals surface area contributed by atoms with Crippen LogP contribution in [-0.2, 0) is 5.41 Å². The highest BCUT2D eigenvalue weighted by atomic mass is 19.4. The average molecular weight is 294 g/mol. The molecule has 0 amide bonds. The molecule has 1 aromatic carbocycles. The fourth-order valence-corrected chi connectivity index (χ4v) is 2.12. The van der Waals surface area contributed by atoms with E-state index in [0.29, 0.717) is 13.2 Å². The molecular formula is C14H15F5O. The van der Waals surface area contributed by atoms with Crippen molar-refractivity contribution in [1.29, 1.82) is 0 Å². The number of aryl methyl sites for hydroxylation is 2. The molecule has 0 bridgehead atoms. The number of benzene rings is 1. The summed E-state index contributed by atoms with van der Waals surface area (Å²) in [5.41, 5.74) is -3.14. The summed E-state index contributed by atoms with van der Waals surface area (Å²) >= 11 is 0. The van der Waals surface area contributed by atoms with Crippen molar-refractivity contribution >= 4 is 6.29 Å². The number of carbonyl (C=O) groups excluding carboxylic acids is 1. The summed E-state index contributed by atoms with van der Waals surface area (Å²) < 4.78 is 66.8. The molecule has 6 heteroatoms. The van der Waals surface area contributed by atoms with Crippen molar-refractivity contribution in [3.05, 3.63) is 34.4 Å². The highest BCUT2D eigenvalue weighted by molar-refractivity contribution is 5.79. The predicted molar refractivity (Wildman–Crippen MR) is 65.3 cm³/mol. The molecule has 1 unspecified atom stereocenters.